The van der Waals surface area contributed by atoms with Gasteiger partial charge in [-0.15, -0.1) is 0 Å². The number of hydrogen-bond acceptors (Lipinski definition) is 4. The minimum Gasteiger partial charge on any atom is -0.379 e. The Morgan fingerprint density at radius 3 is 2.46 bits per heavy atom. The van der Waals surface area contributed by atoms with E-state index in [9.17, 15) is 9.59 Å². The van der Waals surface area contributed by atoms with Crippen molar-refractivity contribution in [1.82, 2.24) is 14.7 Å². The van der Waals surface area contributed by atoms with Crippen molar-refractivity contribution < 1.29 is 4.79 Å². The number of nitrogens with one attached hydrogen (secondary N) is 1. The van der Waals surface area contributed by atoms with Crippen LogP contribution in [0.3, 0.4) is 0 Å². The SMILES string of the molecule is CCN(CC)C(=O)c1ccc(CNc2cnn(C)c(=O)c2Br)cc1. The fourth-order valence-electron chi connectivity index (χ4n) is 2.29. The van der Waals surface area contributed by atoms with Gasteiger partial charge in [-0.1, -0.05) is 12.1 Å². The second-order valence-corrected chi connectivity index (χ2v) is 6.12. The zero-order valence-corrected chi connectivity index (χ0v) is 15.6. The topological polar surface area (TPSA) is 67.2 Å². The summed E-state index contributed by atoms with van der Waals surface area (Å²) in [5.74, 6) is 0.0398. The first-order valence-corrected chi connectivity index (χ1v) is 8.61. The molecule has 1 amide bonds. The molecule has 0 aliphatic heterocycles. The largest absolute Gasteiger partial charge is 0.379 e. The van der Waals surface area contributed by atoms with Crippen molar-refractivity contribution in [3.05, 3.63) is 56.4 Å². The minimum absolute atomic E-state index is 0.0398. The number of nitrogens with zero attached hydrogens (tertiary/aromatic N) is 3. The molecule has 0 atom stereocenters. The Kier molecular flexibility index (Phi) is 6.14. The molecular weight excluding hydrogens is 372 g/mol. The molecule has 1 N–H and O–H groups in total. The van der Waals surface area contributed by atoms with Gasteiger partial charge >= 0.3 is 0 Å². The Hall–Kier alpha value is -2.15. The van der Waals surface area contributed by atoms with Gasteiger partial charge in [0, 0.05) is 32.2 Å². The van der Waals surface area contributed by atoms with Crippen LogP contribution in [0.25, 0.3) is 0 Å². The quantitative estimate of drug-likeness (QED) is 0.820. The maximum Gasteiger partial charge on any atom is 0.282 e. The van der Waals surface area contributed by atoms with Gasteiger partial charge < -0.3 is 10.2 Å². The highest BCUT2D eigenvalue weighted by molar-refractivity contribution is 9.10. The summed E-state index contributed by atoms with van der Waals surface area (Å²) in [6.07, 6.45) is 1.60. The maximum absolute atomic E-state index is 12.3. The molecule has 0 aliphatic rings. The first-order valence-electron chi connectivity index (χ1n) is 7.81. The molecule has 0 fully saturated rings. The van der Waals surface area contributed by atoms with E-state index in [1.165, 1.54) is 4.68 Å². The Morgan fingerprint density at radius 1 is 1.25 bits per heavy atom. The van der Waals surface area contributed by atoms with E-state index in [2.05, 4.69) is 26.3 Å². The number of hydrogen-bond donors (Lipinski definition) is 1. The fraction of sp³-hybridized carbons (Fsp3) is 0.353. The summed E-state index contributed by atoms with van der Waals surface area (Å²) < 4.78 is 1.72. The number of carbonyl (C=O) groups is 1. The van der Waals surface area contributed by atoms with Gasteiger partial charge in [0.25, 0.3) is 11.5 Å². The molecule has 0 spiro atoms. The van der Waals surface area contributed by atoms with Crippen LogP contribution in [0.5, 0.6) is 0 Å². The van der Waals surface area contributed by atoms with E-state index in [1.807, 2.05) is 38.1 Å². The first-order chi connectivity index (χ1) is 11.5. The number of aryl methyl sites for hydroxylation is 1. The van der Waals surface area contributed by atoms with Gasteiger partial charge in [0.05, 0.1) is 11.9 Å². The minimum atomic E-state index is -0.194. The van der Waals surface area contributed by atoms with E-state index < -0.39 is 0 Å². The van der Waals surface area contributed by atoms with E-state index >= 15 is 0 Å². The second kappa shape index (κ2) is 8.10. The number of carbonyl (C=O) groups excluding carboxylic acids is 1. The molecule has 1 heterocycles. The lowest BCUT2D eigenvalue weighted by Crippen LogP contribution is -2.30. The Balaban J connectivity index is 2.06. The van der Waals surface area contributed by atoms with Crippen molar-refractivity contribution in [3.63, 3.8) is 0 Å². The molecule has 1 aromatic carbocycles. The third kappa shape index (κ3) is 4.03. The van der Waals surface area contributed by atoms with Crippen molar-refractivity contribution >= 4 is 27.5 Å². The van der Waals surface area contributed by atoms with Crippen LogP contribution in [-0.2, 0) is 13.6 Å². The number of rotatable bonds is 6. The van der Waals surface area contributed by atoms with Crippen LogP contribution in [0.1, 0.15) is 29.8 Å². The number of benzene rings is 1. The highest BCUT2D eigenvalue weighted by Gasteiger charge is 2.12. The van der Waals surface area contributed by atoms with E-state index in [0.29, 0.717) is 35.4 Å². The van der Waals surface area contributed by atoms with Gasteiger partial charge in [0.15, 0.2) is 0 Å². The van der Waals surface area contributed by atoms with Gasteiger partial charge in [-0.2, -0.15) is 5.10 Å². The summed E-state index contributed by atoms with van der Waals surface area (Å²) in [5.41, 5.74) is 2.14. The summed E-state index contributed by atoms with van der Waals surface area (Å²) in [6, 6.07) is 7.47. The van der Waals surface area contributed by atoms with Gasteiger partial charge in [-0.3, -0.25) is 9.59 Å². The van der Waals surface area contributed by atoms with Gasteiger partial charge in [-0.25, -0.2) is 4.68 Å². The summed E-state index contributed by atoms with van der Waals surface area (Å²) in [5, 5.41) is 7.16. The van der Waals surface area contributed by atoms with Crippen molar-refractivity contribution in [2.45, 2.75) is 20.4 Å². The number of aromatic nitrogens is 2. The predicted octanol–water partition coefficient (Wildman–Crippen LogP) is 2.64. The van der Waals surface area contributed by atoms with Crippen LogP contribution >= 0.6 is 15.9 Å². The lowest BCUT2D eigenvalue weighted by molar-refractivity contribution is 0.0773. The molecule has 6 nitrogen and oxygen atoms in total. The fourth-order valence-corrected chi connectivity index (χ4v) is 2.79. The zero-order valence-electron chi connectivity index (χ0n) is 14.0. The van der Waals surface area contributed by atoms with Crippen LogP contribution in [0.15, 0.2) is 39.7 Å². The van der Waals surface area contributed by atoms with E-state index in [-0.39, 0.29) is 11.5 Å². The molecule has 0 radical (unpaired) electrons. The monoisotopic (exact) mass is 392 g/mol. The summed E-state index contributed by atoms with van der Waals surface area (Å²) in [4.78, 5) is 25.9. The molecular formula is C17H21BrN4O2. The summed E-state index contributed by atoms with van der Waals surface area (Å²) in [6.45, 7) is 5.86. The summed E-state index contributed by atoms with van der Waals surface area (Å²) >= 11 is 3.28. The Bertz CT molecular complexity index is 767. The van der Waals surface area contributed by atoms with Gasteiger partial charge in [0.1, 0.15) is 4.47 Å². The van der Waals surface area contributed by atoms with Gasteiger partial charge in [-0.05, 0) is 47.5 Å². The molecule has 0 saturated heterocycles. The average molecular weight is 393 g/mol. The molecule has 7 heteroatoms. The average Bonchev–Trinajstić information content (AvgIpc) is 2.60. The lowest BCUT2D eigenvalue weighted by atomic mass is 10.1. The van der Waals surface area contributed by atoms with Crippen LogP contribution in [0.2, 0.25) is 0 Å². The van der Waals surface area contributed by atoms with Crippen molar-refractivity contribution in [3.8, 4) is 0 Å². The Morgan fingerprint density at radius 2 is 1.88 bits per heavy atom. The van der Waals surface area contributed by atoms with E-state index in [0.717, 1.165) is 5.56 Å². The van der Waals surface area contributed by atoms with E-state index in [4.69, 9.17) is 0 Å². The smallest absolute Gasteiger partial charge is 0.282 e. The van der Waals surface area contributed by atoms with Crippen LogP contribution < -0.4 is 10.9 Å². The predicted molar refractivity (Wildman–Crippen MR) is 98.2 cm³/mol. The zero-order chi connectivity index (χ0) is 17.7. The molecule has 1 aromatic heterocycles. The lowest BCUT2D eigenvalue weighted by Gasteiger charge is -2.18. The third-order valence-electron chi connectivity index (χ3n) is 3.81. The van der Waals surface area contributed by atoms with Crippen LogP contribution in [0.4, 0.5) is 5.69 Å². The standard InChI is InChI=1S/C17H21BrN4O2/c1-4-22(5-2)16(23)13-8-6-12(7-9-13)10-19-14-11-20-21(3)17(24)15(14)18/h6-9,11,19H,4-5,10H2,1-3H3. The second-order valence-electron chi connectivity index (χ2n) is 5.33. The molecule has 0 aliphatic carbocycles. The molecule has 2 rings (SSSR count). The highest BCUT2D eigenvalue weighted by atomic mass is 79.9. The molecule has 2 aromatic rings. The number of amides is 1. The van der Waals surface area contributed by atoms with Gasteiger partial charge in [0.2, 0.25) is 0 Å². The van der Waals surface area contributed by atoms with Crippen molar-refractivity contribution in [2.75, 3.05) is 18.4 Å². The summed E-state index contributed by atoms with van der Waals surface area (Å²) in [7, 11) is 1.60. The Labute approximate surface area is 149 Å². The van der Waals surface area contributed by atoms with Crippen molar-refractivity contribution in [2.24, 2.45) is 7.05 Å². The molecule has 24 heavy (non-hydrogen) atoms. The van der Waals surface area contributed by atoms with E-state index in [1.54, 1.807) is 18.1 Å². The normalized spacial score (nSPS) is 10.5. The van der Waals surface area contributed by atoms with Crippen molar-refractivity contribution in [1.29, 1.82) is 0 Å². The first kappa shape index (κ1) is 18.2. The molecule has 128 valence electrons. The van der Waals surface area contributed by atoms with Crippen LogP contribution in [0, 0.1) is 0 Å². The third-order valence-corrected chi connectivity index (χ3v) is 4.58. The number of anilines is 1. The number of halogens is 1. The van der Waals surface area contributed by atoms with Crippen LogP contribution in [-0.4, -0.2) is 33.7 Å². The highest BCUT2D eigenvalue weighted by Crippen LogP contribution is 2.17. The maximum atomic E-state index is 12.3. The molecule has 0 saturated carbocycles. The molecule has 0 unspecified atom stereocenters. The molecule has 0 bridgehead atoms.